The third kappa shape index (κ3) is 3.58. The highest BCUT2D eigenvalue weighted by atomic mass is 16.2. The summed E-state index contributed by atoms with van der Waals surface area (Å²) < 4.78 is 1.89. The van der Waals surface area contributed by atoms with Gasteiger partial charge in [-0.05, 0) is 31.7 Å². The van der Waals surface area contributed by atoms with Gasteiger partial charge < -0.3 is 4.90 Å². The zero-order valence-electron chi connectivity index (χ0n) is 12.2. The van der Waals surface area contributed by atoms with E-state index >= 15 is 0 Å². The van der Waals surface area contributed by atoms with Gasteiger partial charge in [0, 0.05) is 18.8 Å². The minimum atomic E-state index is 0.224. The van der Waals surface area contributed by atoms with Crippen LogP contribution < -0.4 is 0 Å². The fraction of sp³-hybridized carbons (Fsp3) is 0.733. The molecule has 0 N–H and O–H groups in total. The third-order valence-corrected chi connectivity index (χ3v) is 3.88. The van der Waals surface area contributed by atoms with Crippen LogP contribution in [0.15, 0.2) is 6.07 Å². The zero-order chi connectivity index (χ0) is 13.7. The van der Waals surface area contributed by atoms with Gasteiger partial charge in [-0.25, -0.2) is 0 Å². The summed E-state index contributed by atoms with van der Waals surface area (Å²) in [6.07, 6.45) is 6.66. The van der Waals surface area contributed by atoms with Crippen LogP contribution in [0.4, 0.5) is 0 Å². The standard InChI is InChI=1S/C15H25N3O/c1-3-13-11-14(4-2)18(16-13)12-15(19)17-9-7-5-6-8-10-17/h11H,3-10,12H2,1-2H3. The smallest absolute Gasteiger partial charge is 0.244 e. The lowest BCUT2D eigenvalue weighted by molar-refractivity contribution is -0.132. The quantitative estimate of drug-likeness (QED) is 0.836. The number of aryl methyl sites for hydroxylation is 2. The van der Waals surface area contributed by atoms with E-state index in [0.29, 0.717) is 6.54 Å². The number of nitrogens with zero attached hydrogens (tertiary/aromatic N) is 3. The first kappa shape index (κ1) is 14.1. The second-order valence-electron chi connectivity index (χ2n) is 5.29. The lowest BCUT2D eigenvalue weighted by atomic mass is 10.2. The Hall–Kier alpha value is -1.32. The molecular formula is C15H25N3O. The summed E-state index contributed by atoms with van der Waals surface area (Å²) in [5.41, 5.74) is 2.25. The van der Waals surface area contributed by atoms with Gasteiger partial charge in [0.1, 0.15) is 6.54 Å². The Labute approximate surface area is 115 Å². The number of likely N-dealkylation sites (tertiary alicyclic amines) is 1. The lowest BCUT2D eigenvalue weighted by Crippen LogP contribution is -2.35. The minimum absolute atomic E-state index is 0.224. The van der Waals surface area contributed by atoms with E-state index in [1.165, 1.54) is 18.5 Å². The summed E-state index contributed by atoms with van der Waals surface area (Å²) >= 11 is 0. The second kappa shape index (κ2) is 6.73. The van der Waals surface area contributed by atoms with Gasteiger partial charge in [-0.1, -0.05) is 26.7 Å². The van der Waals surface area contributed by atoms with Crippen LogP contribution in [0.2, 0.25) is 0 Å². The zero-order valence-corrected chi connectivity index (χ0v) is 12.2. The van der Waals surface area contributed by atoms with Gasteiger partial charge in [-0.3, -0.25) is 9.48 Å². The molecule has 1 aliphatic heterocycles. The van der Waals surface area contributed by atoms with Crippen LogP contribution in [0.25, 0.3) is 0 Å². The molecule has 2 rings (SSSR count). The first-order valence-electron chi connectivity index (χ1n) is 7.58. The van der Waals surface area contributed by atoms with Crippen LogP contribution in [0.3, 0.4) is 0 Å². The van der Waals surface area contributed by atoms with E-state index in [1.54, 1.807) is 0 Å². The highest BCUT2D eigenvalue weighted by Crippen LogP contribution is 2.12. The van der Waals surface area contributed by atoms with Crippen molar-refractivity contribution in [2.75, 3.05) is 13.1 Å². The molecular weight excluding hydrogens is 238 g/mol. The molecule has 0 aliphatic carbocycles. The summed E-state index contributed by atoms with van der Waals surface area (Å²) in [5.74, 6) is 0.224. The van der Waals surface area contributed by atoms with Crippen molar-refractivity contribution >= 4 is 5.91 Å². The Bertz CT molecular complexity index is 417. The number of hydrogen-bond donors (Lipinski definition) is 0. The average molecular weight is 263 g/mol. The van der Waals surface area contributed by atoms with E-state index in [1.807, 2.05) is 9.58 Å². The summed E-state index contributed by atoms with van der Waals surface area (Å²) in [6.45, 7) is 6.46. The molecule has 1 aromatic heterocycles. The van der Waals surface area contributed by atoms with E-state index in [2.05, 4.69) is 25.0 Å². The number of hydrogen-bond acceptors (Lipinski definition) is 2. The molecule has 0 aromatic carbocycles. The predicted molar refractivity (Wildman–Crippen MR) is 76.0 cm³/mol. The van der Waals surface area contributed by atoms with E-state index in [4.69, 9.17) is 0 Å². The second-order valence-corrected chi connectivity index (χ2v) is 5.29. The van der Waals surface area contributed by atoms with Crippen molar-refractivity contribution in [2.24, 2.45) is 0 Å². The Balaban J connectivity index is 2.02. The largest absolute Gasteiger partial charge is 0.341 e. The van der Waals surface area contributed by atoms with Gasteiger partial charge in [-0.15, -0.1) is 0 Å². The van der Waals surface area contributed by atoms with E-state index in [9.17, 15) is 4.79 Å². The predicted octanol–water partition coefficient (Wildman–Crippen LogP) is 2.41. The van der Waals surface area contributed by atoms with Crippen LogP contribution in [0.1, 0.15) is 50.9 Å². The van der Waals surface area contributed by atoms with Crippen LogP contribution >= 0.6 is 0 Å². The number of amides is 1. The van der Waals surface area contributed by atoms with Crippen molar-refractivity contribution in [3.63, 3.8) is 0 Å². The first-order chi connectivity index (χ1) is 9.24. The molecule has 0 atom stereocenters. The van der Waals surface area contributed by atoms with Crippen molar-refractivity contribution in [3.8, 4) is 0 Å². The molecule has 1 saturated heterocycles. The molecule has 4 nitrogen and oxygen atoms in total. The maximum absolute atomic E-state index is 12.4. The number of carbonyl (C=O) groups is 1. The summed E-state index contributed by atoms with van der Waals surface area (Å²) in [5, 5.41) is 4.53. The molecule has 4 heteroatoms. The van der Waals surface area contributed by atoms with Gasteiger partial charge in [0.15, 0.2) is 0 Å². The van der Waals surface area contributed by atoms with Crippen molar-refractivity contribution in [2.45, 2.75) is 58.9 Å². The van der Waals surface area contributed by atoms with E-state index in [-0.39, 0.29) is 5.91 Å². The molecule has 0 spiro atoms. The fourth-order valence-electron chi connectivity index (χ4n) is 2.66. The van der Waals surface area contributed by atoms with Gasteiger partial charge in [0.05, 0.1) is 5.69 Å². The monoisotopic (exact) mass is 263 g/mol. The maximum Gasteiger partial charge on any atom is 0.244 e. The molecule has 1 fully saturated rings. The van der Waals surface area contributed by atoms with Gasteiger partial charge in [-0.2, -0.15) is 5.10 Å². The number of carbonyl (C=O) groups excluding carboxylic acids is 1. The highest BCUT2D eigenvalue weighted by molar-refractivity contribution is 5.76. The molecule has 0 radical (unpaired) electrons. The van der Waals surface area contributed by atoms with E-state index in [0.717, 1.165) is 44.5 Å². The first-order valence-corrected chi connectivity index (χ1v) is 7.58. The number of rotatable bonds is 4. The van der Waals surface area contributed by atoms with Crippen molar-refractivity contribution in [1.82, 2.24) is 14.7 Å². The van der Waals surface area contributed by atoms with Crippen molar-refractivity contribution in [3.05, 3.63) is 17.5 Å². The molecule has 106 valence electrons. The molecule has 0 saturated carbocycles. The third-order valence-electron chi connectivity index (χ3n) is 3.88. The average Bonchev–Trinajstić information content (AvgIpc) is 2.64. The van der Waals surface area contributed by atoms with Gasteiger partial charge >= 0.3 is 0 Å². The van der Waals surface area contributed by atoms with Crippen LogP contribution in [-0.4, -0.2) is 33.7 Å². The molecule has 1 amide bonds. The Morgan fingerprint density at radius 3 is 2.42 bits per heavy atom. The fourth-order valence-corrected chi connectivity index (χ4v) is 2.66. The van der Waals surface area contributed by atoms with E-state index < -0.39 is 0 Å². The SMILES string of the molecule is CCc1cc(CC)n(CC(=O)N2CCCCCC2)n1. The Morgan fingerprint density at radius 1 is 1.16 bits per heavy atom. The number of aromatic nitrogens is 2. The normalized spacial score (nSPS) is 16.4. The maximum atomic E-state index is 12.4. The van der Waals surface area contributed by atoms with Crippen molar-refractivity contribution in [1.29, 1.82) is 0 Å². The molecule has 19 heavy (non-hydrogen) atoms. The molecule has 0 bridgehead atoms. The van der Waals surface area contributed by atoms with Gasteiger partial charge in [0.25, 0.3) is 0 Å². The lowest BCUT2D eigenvalue weighted by Gasteiger charge is -2.20. The van der Waals surface area contributed by atoms with Crippen LogP contribution in [0, 0.1) is 0 Å². The van der Waals surface area contributed by atoms with Crippen LogP contribution in [0.5, 0.6) is 0 Å². The topological polar surface area (TPSA) is 38.1 Å². The van der Waals surface area contributed by atoms with Gasteiger partial charge in [0.2, 0.25) is 5.91 Å². The minimum Gasteiger partial charge on any atom is -0.341 e. The highest BCUT2D eigenvalue weighted by Gasteiger charge is 2.17. The summed E-state index contributed by atoms with van der Waals surface area (Å²) in [7, 11) is 0. The Morgan fingerprint density at radius 2 is 1.84 bits per heavy atom. The molecule has 1 aliphatic rings. The molecule has 1 aromatic rings. The Kier molecular flexibility index (Phi) is 5.00. The van der Waals surface area contributed by atoms with Crippen molar-refractivity contribution < 1.29 is 4.79 Å². The summed E-state index contributed by atoms with van der Waals surface area (Å²) in [6, 6.07) is 2.12. The summed E-state index contributed by atoms with van der Waals surface area (Å²) in [4.78, 5) is 14.4. The molecule has 2 heterocycles. The molecule has 0 unspecified atom stereocenters. The van der Waals surface area contributed by atoms with Crippen LogP contribution in [-0.2, 0) is 24.2 Å².